The van der Waals surface area contributed by atoms with Crippen molar-refractivity contribution < 1.29 is 4.39 Å². The Bertz CT molecular complexity index is 445. The molecule has 3 rings (SSSR count). The number of hydrogen-bond acceptors (Lipinski definition) is 1. The van der Waals surface area contributed by atoms with Crippen LogP contribution in [0.15, 0.2) is 18.2 Å². The molecule has 3 atom stereocenters. The second kappa shape index (κ2) is 5.24. The number of benzene rings is 1. The van der Waals surface area contributed by atoms with E-state index < -0.39 is 0 Å². The molecule has 2 aliphatic carbocycles. The molecule has 0 spiro atoms. The zero-order valence-corrected chi connectivity index (χ0v) is 12.0. The van der Waals surface area contributed by atoms with E-state index in [1.807, 2.05) is 6.07 Å². The van der Waals surface area contributed by atoms with Crippen LogP contribution in [0.3, 0.4) is 0 Å². The van der Waals surface area contributed by atoms with E-state index in [-0.39, 0.29) is 5.82 Å². The first kappa shape index (κ1) is 13.1. The summed E-state index contributed by atoms with van der Waals surface area (Å²) in [5, 5.41) is 3.49. The van der Waals surface area contributed by atoms with E-state index in [1.54, 1.807) is 12.1 Å². The van der Waals surface area contributed by atoms with Gasteiger partial charge in [0.05, 0.1) is 0 Å². The maximum atomic E-state index is 13.4. The molecule has 0 saturated heterocycles. The van der Waals surface area contributed by atoms with Gasteiger partial charge in [-0.15, -0.1) is 0 Å². The smallest absolute Gasteiger partial charge is 0.123 e. The van der Waals surface area contributed by atoms with Gasteiger partial charge in [-0.05, 0) is 74.2 Å². The predicted octanol–water partition coefficient (Wildman–Crippen LogP) is 3.70. The summed E-state index contributed by atoms with van der Waals surface area (Å²) >= 11 is 0. The summed E-state index contributed by atoms with van der Waals surface area (Å²) in [5.41, 5.74) is 2.38. The lowest BCUT2D eigenvalue weighted by molar-refractivity contribution is 0.458. The summed E-state index contributed by atoms with van der Waals surface area (Å²) in [7, 11) is 2.06. The van der Waals surface area contributed by atoms with Crippen LogP contribution in [0.4, 0.5) is 4.39 Å². The molecule has 0 radical (unpaired) electrons. The highest BCUT2D eigenvalue weighted by atomic mass is 19.1. The van der Waals surface area contributed by atoms with Crippen molar-refractivity contribution >= 4 is 0 Å². The van der Waals surface area contributed by atoms with Gasteiger partial charge in [0.1, 0.15) is 5.82 Å². The number of halogens is 1. The molecule has 0 aromatic heterocycles. The lowest BCUT2D eigenvalue weighted by Gasteiger charge is -2.18. The first-order valence-electron chi connectivity index (χ1n) is 7.63. The van der Waals surface area contributed by atoms with E-state index in [4.69, 9.17) is 0 Å². The van der Waals surface area contributed by atoms with E-state index in [2.05, 4.69) is 19.3 Å². The third kappa shape index (κ3) is 2.55. The van der Waals surface area contributed by atoms with E-state index >= 15 is 0 Å². The average molecular weight is 261 g/mol. The van der Waals surface area contributed by atoms with Gasteiger partial charge >= 0.3 is 0 Å². The normalized spacial score (nSPS) is 30.8. The Hall–Kier alpha value is -0.890. The molecule has 1 aromatic carbocycles. The molecule has 1 N–H and O–H groups in total. The number of hydrogen-bond donors (Lipinski definition) is 1. The van der Waals surface area contributed by atoms with Gasteiger partial charge in [0, 0.05) is 6.04 Å². The summed E-state index contributed by atoms with van der Waals surface area (Å²) in [5.74, 6) is 2.61. The first-order chi connectivity index (χ1) is 9.20. The van der Waals surface area contributed by atoms with Crippen LogP contribution in [-0.4, -0.2) is 13.1 Å². The Morgan fingerprint density at radius 2 is 1.95 bits per heavy atom. The SMILES string of the molecule is CNC(Cc1cc(F)ccc1C)C1C2CCCCC21. The highest BCUT2D eigenvalue weighted by molar-refractivity contribution is 5.28. The fourth-order valence-electron chi connectivity index (χ4n) is 4.17. The molecule has 2 heteroatoms. The van der Waals surface area contributed by atoms with Gasteiger partial charge in [-0.25, -0.2) is 4.39 Å². The van der Waals surface area contributed by atoms with Gasteiger partial charge in [0.25, 0.3) is 0 Å². The highest BCUT2D eigenvalue weighted by Gasteiger charge is 2.53. The summed E-state index contributed by atoms with van der Waals surface area (Å²) in [6.45, 7) is 2.08. The van der Waals surface area contributed by atoms with Gasteiger partial charge in [0.15, 0.2) is 0 Å². The Kier molecular flexibility index (Phi) is 3.62. The topological polar surface area (TPSA) is 12.0 Å². The van der Waals surface area contributed by atoms with Gasteiger partial charge in [-0.3, -0.25) is 0 Å². The lowest BCUT2D eigenvalue weighted by Crippen LogP contribution is -2.31. The molecular weight excluding hydrogens is 237 g/mol. The standard InChI is InChI=1S/C17H24FN/c1-11-7-8-13(18)9-12(11)10-16(19-2)17-14-5-3-4-6-15(14)17/h7-9,14-17,19H,3-6,10H2,1-2H3. The summed E-state index contributed by atoms with van der Waals surface area (Å²) in [4.78, 5) is 0. The van der Waals surface area contributed by atoms with Crippen LogP contribution >= 0.6 is 0 Å². The Morgan fingerprint density at radius 1 is 1.26 bits per heavy atom. The average Bonchev–Trinajstić information content (AvgIpc) is 3.14. The molecule has 2 saturated carbocycles. The molecule has 2 aliphatic rings. The minimum absolute atomic E-state index is 0.108. The van der Waals surface area contributed by atoms with Crippen molar-refractivity contribution in [2.45, 2.75) is 45.1 Å². The van der Waals surface area contributed by atoms with Gasteiger partial charge in [-0.2, -0.15) is 0 Å². The minimum Gasteiger partial charge on any atom is -0.316 e. The van der Waals surface area contributed by atoms with Crippen molar-refractivity contribution in [3.63, 3.8) is 0 Å². The summed E-state index contributed by atoms with van der Waals surface area (Å²) < 4.78 is 13.4. The van der Waals surface area contributed by atoms with Crippen LogP contribution in [0.5, 0.6) is 0 Å². The number of likely N-dealkylation sites (N-methyl/N-ethyl adjacent to an activating group) is 1. The zero-order chi connectivity index (χ0) is 13.4. The Morgan fingerprint density at radius 3 is 2.58 bits per heavy atom. The van der Waals surface area contributed by atoms with Crippen LogP contribution in [0.1, 0.15) is 36.8 Å². The largest absolute Gasteiger partial charge is 0.316 e. The van der Waals surface area contributed by atoms with Gasteiger partial charge in [-0.1, -0.05) is 18.9 Å². The monoisotopic (exact) mass is 261 g/mol. The highest BCUT2D eigenvalue weighted by Crippen LogP contribution is 2.57. The van der Waals surface area contributed by atoms with Crippen molar-refractivity contribution in [3.05, 3.63) is 35.1 Å². The van der Waals surface area contributed by atoms with Gasteiger partial charge < -0.3 is 5.32 Å². The molecule has 19 heavy (non-hydrogen) atoms. The molecule has 0 bridgehead atoms. The second-order valence-electron chi connectivity index (χ2n) is 6.36. The maximum absolute atomic E-state index is 13.4. The molecule has 1 aromatic rings. The van der Waals surface area contributed by atoms with Crippen LogP contribution in [0.25, 0.3) is 0 Å². The fraction of sp³-hybridized carbons (Fsp3) is 0.647. The zero-order valence-electron chi connectivity index (χ0n) is 12.0. The second-order valence-corrected chi connectivity index (χ2v) is 6.36. The Balaban J connectivity index is 1.72. The fourth-order valence-corrected chi connectivity index (χ4v) is 4.17. The molecular formula is C17H24FN. The van der Waals surface area contributed by atoms with Crippen LogP contribution < -0.4 is 5.32 Å². The predicted molar refractivity (Wildman–Crippen MR) is 76.6 cm³/mol. The van der Waals surface area contributed by atoms with E-state index in [9.17, 15) is 4.39 Å². The van der Waals surface area contributed by atoms with Crippen molar-refractivity contribution in [3.8, 4) is 0 Å². The molecule has 3 unspecified atom stereocenters. The van der Waals surface area contributed by atoms with E-state index in [0.29, 0.717) is 6.04 Å². The maximum Gasteiger partial charge on any atom is 0.123 e. The van der Waals surface area contributed by atoms with E-state index in [1.165, 1.54) is 36.8 Å². The van der Waals surface area contributed by atoms with E-state index in [0.717, 1.165) is 24.2 Å². The molecule has 0 heterocycles. The third-order valence-electron chi connectivity index (χ3n) is 5.31. The van der Waals surface area contributed by atoms with Crippen molar-refractivity contribution in [2.24, 2.45) is 17.8 Å². The molecule has 0 amide bonds. The quantitative estimate of drug-likeness (QED) is 0.871. The van der Waals surface area contributed by atoms with Crippen molar-refractivity contribution in [1.29, 1.82) is 0 Å². The van der Waals surface area contributed by atoms with Gasteiger partial charge in [0.2, 0.25) is 0 Å². The van der Waals surface area contributed by atoms with Crippen molar-refractivity contribution in [1.82, 2.24) is 5.32 Å². The molecule has 2 fully saturated rings. The van der Waals surface area contributed by atoms with Crippen LogP contribution in [0.2, 0.25) is 0 Å². The number of rotatable bonds is 4. The van der Waals surface area contributed by atoms with Crippen LogP contribution in [-0.2, 0) is 6.42 Å². The number of aryl methyl sites for hydroxylation is 1. The number of nitrogens with one attached hydrogen (secondary N) is 1. The third-order valence-corrected chi connectivity index (χ3v) is 5.31. The molecule has 0 aliphatic heterocycles. The summed E-state index contributed by atoms with van der Waals surface area (Å²) in [6.07, 6.45) is 6.61. The first-order valence-corrected chi connectivity index (χ1v) is 7.63. The summed E-state index contributed by atoms with van der Waals surface area (Å²) in [6, 6.07) is 5.70. The molecule has 1 nitrogen and oxygen atoms in total. The number of fused-ring (bicyclic) bond motifs is 1. The van der Waals surface area contributed by atoms with Crippen molar-refractivity contribution in [2.75, 3.05) is 7.05 Å². The van der Waals surface area contributed by atoms with Crippen LogP contribution in [0, 0.1) is 30.5 Å². The lowest BCUT2D eigenvalue weighted by atomic mass is 9.96. The molecule has 104 valence electrons. The Labute approximate surface area is 115 Å². The minimum atomic E-state index is -0.108.